The van der Waals surface area contributed by atoms with Crippen molar-refractivity contribution in [3.63, 3.8) is 0 Å². The average molecular weight is 513 g/mol. The van der Waals surface area contributed by atoms with Crippen LogP contribution in [-0.4, -0.2) is 34.4 Å². The molecule has 2 saturated carbocycles. The zero-order valence-electron chi connectivity index (χ0n) is 24.2. The fourth-order valence-electron chi connectivity index (χ4n) is 9.13. The molecule has 0 aromatic heterocycles. The molecule has 4 aliphatic rings. The minimum atomic E-state index is -0.859. The number of aliphatic carboxylic acids is 1. The van der Waals surface area contributed by atoms with E-state index in [0.29, 0.717) is 23.3 Å². The Morgan fingerprint density at radius 3 is 2.43 bits per heavy atom. The molecule has 0 spiro atoms. The Bertz CT molecular complexity index is 1050. The molecule has 0 radical (unpaired) electrons. The van der Waals surface area contributed by atoms with Gasteiger partial charge < -0.3 is 14.9 Å². The summed E-state index contributed by atoms with van der Waals surface area (Å²) in [5.41, 5.74) is 2.68. The zero-order chi connectivity index (χ0) is 27.6. The summed E-state index contributed by atoms with van der Waals surface area (Å²) in [5.74, 6) is 0.0188. The SMILES string of the molecule is CC(=O)O[C@@H]1C[C@@H]([C@@H](C)CCC=C(C)C(=O)O)[C@]2(C)CC=C3C(=CCC4C(C)(C)[C@H](O)CC[C@@]34C)[C@@]12C. The summed E-state index contributed by atoms with van der Waals surface area (Å²) in [4.78, 5) is 23.6. The molecule has 2 fully saturated rings. The normalized spacial score (nSPS) is 41.5. The number of hydrogen-bond donors (Lipinski definition) is 2. The van der Waals surface area contributed by atoms with Gasteiger partial charge in [0.05, 0.1) is 6.10 Å². The van der Waals surface area contributed by atoms with Gasteiger partial charge in [-0.2, -0.15) is 0 Å². The molecule has 1 unspecified atom stereocenters. The topological polar surface area (TPSA) is 83.8 Å². The summed E-state index contributed by atoms with van der Waals surface area (Å²) in [6.45, 7) is 17.1. The van der Waals surface area contributed by atoms with E-state index in [-0.39, 0.29) is 39.8 Å². The van der Waals surface area contributed by atoms with Crippen LogP contribution in [0.4, 0.5) is 0 Å². The lowest BCUT2D eigenvalue weighted by Gasteiger charge is -2.61. The van der Waals surface area contributed by atoms with Crippen LogP contribution in [0.25, 0.3) is 0 Å². The van der Waals surface area contributed by atoms with Crippen LogP contribution < -0.4 is 0 Å². The standard InChI is InChI=1S/C32H48O5/c1-19(10-9-11-20(2)28(35)36)24-18-27(37-21(3)33)32(8)23-12-13-25-29(4,5)26(34)15-16-30(25,6)22(23)14-17-31(24,32)7/h11-12,14,19,24-27,34H,9-10,13,15-18H2,1-8H3,(H,35,36)/t19-,24-,25?,26+,27+,30-,31-,32-/m0/s1. The van der Waals surface area contributed by atoms with Crippen molar-refractivity contribution in [3.8, 4) is 0 Å². The molecular weight excluding hydrogens is 464 g/mol. The first kappa shape index (κ1) is 28.1. The molecule has 206 valence electrons. The van der Waals surface area contributed by atoms with Crippen LogP contribution in [0.5, 0.6) is 0 Å². The minimum absolute atomic E-state index is 0.000777. The van der Waals surface area contributed by atoms with Crippen LogP contribution in [-0.2, 0) is 14.3 Å². The molecule has 8 atom stereocenters. The number of carboxylic acid groups (broad SMARTS) is 1. The number of carbonyl (C=O) groups is 2. The van der Waals surface area contributed by atoms with Crippen molar-refractivity contribution in [1.29, 1.82) is 0 Å². The molecule has 0 amide bonds. The van der Waals surface area contributed by atoms with E-state index < -0.39 is 5.97 Å². The Morgan fingerprint density at radius 2 is 1.81 bits per heavy atom. The highest BCUT2D eigenvalue weighted by Gasteiger charge is 2.67. The van der Waals surface area contributed by atoms with Crippen LogP contribution in [0, 0.1) is 39.4 Å². The molecule has 2 N–H and O–H groups in total. The van der Waals surface area contributed by atoms with Gasteiger partial charge in [0.25, 0.3) is 0 Å². The number of rotatable bonds is 6. The molecule has 37 heavy (non-hydrogen) atoms. The summed E-state index contributed by atoms with van der Waals surface area (Å²) in [5, 5.41) is 20.1. The second kappa shape index (κ2) is 9.39. The Hall–Kier alpha value is -1.88. The number of esters is 1. The van der Waals surface area contributed by atoms with Crippen LogP contribution in [0.2, 0.25) is 0 Å². The number of fused-ring (bicyclic) bond motifs is 5. The van der Waals surface area contributed by atoms with Crippen molar-refractivity contribution in [3.05, 3.63) is 34.9 Å². The Kier molecular flexibility index (Phi) is 7.14. The maximum absolute atomic E-state index is 12.3. The van der Waals surface area contributed by atoms with Crippen LogP contribution in [0.3, 0.4) is 0 Å². The highest BCUT2D eigenvalue weighted by Crippen LogP contribution is 2.72. The summed E-state index contributed by atoms with van der Waals surface area (Å²) in [6, 6.07) is 0. The smallest absolute Gasteiger partial charge is 0.330 e. The van der Waals surface area contributed by atoms with Gasteiger partial charge in [0.1, 0.15) is 6.10 Å². The summed E-state index contributed by atoms with van der Waals surface area (Å²) in [6.07, 6.45) is 12.4. The van der Waals surface area contributed by atoms with Gasteiger partial charge in [-0.05, 0) is 97.0 Å². The van der Waals surface area contributed by atoms with Gasteiger partial charge in [0, 0.05) is 17.9 Å². The molecule has 0 aromatic rings. The molecule has 5 nitrogen and oxygen atoms in total. The fourth-order valence-corrected chi connectivity index (χ4v) is 9.13. The molecule has 4 rings (SSSR count). The van der Waals surface area contributed by atoms with Crippen LogP contribution in [0.1, 0.15) is 100 Å². The first-order valence-electron chi connectivity index (χ1n) is 14.3. The van der Waals surface area contributed by atoms with Crippen molar-refractivity contribution < 1.29 is 24.5 Å². The van der Waals surface area contributed by atoms with E-state index in [9.17, 15) is 19.8 Å². The third-order valence-electron chi connectivity index (χ3n) is 11.7. The lowest BCUT2D eigenvalue weighted by Crippen LogP contribution is -2.56. The summed E-state index contributed by atoms with van der Waals surface area (Å²) >= 11 is 0. The fraction of sp³-hybridized carbons (Fsp3) is 0.750. The lowest BCUT2D eigenvalue weighted by atomic mass is 9.44. The van der Waals surface area contributed by atoms with Crippen molar-refractivity contribution in [2.24, 2.45) is 39.4 Å². The summed E-state index contributed by atoms with van der Waals surface area (Å²) < 4.78 is 6.14. The highest BCUT2D eigenvalue weighted by atomic mass is 16.5. The predicted octanol–water partition coefficient (Wildman–Crippen LogP) is 6.86. The molecule has 0 saturated heterocycles. The Morgan fingerprint density at radius 1 is 1.14 bits per heavy atom. The number of hydrogen-bond acceptors (Lipinski definition) is 4. The van der Waals surface area contributed by atoms with E-state index in [4.69, 9.17) is 4.74 Å². The Labute approximate surface area is 223 Å². The van der Waals surface area contributed by atoms with E-state index in [1.165, 1.54) is 18.1 Å². The van der Waals surface area contributed by atoms with Crippen molar-refractivity contribution >= 4 is 11.9 Å². The van der Waals surface area contributed by atoms with Crippen molar-refractivity contribution in [2.75, 3.05) is 0 Å². The van der Waals surface area contributed by atoms with E-state index >= 15 is 0 Å². The number of ether oxygens (including phenoxy) is 1. The van der Waals surface area contributed by atoms with Gasteiger partial charge in [-0.3, -0.25) is 4.79 Å². The maximum atomic E-state index is 12.3. The predicted molar refractivity (Wildman–Crippen MR) is 146 cm³/mol. The number of aliphatic hydroxyl groups is 1. The first-order valence-corrected chi connectivity index (χ1v) is 14.3. The van der Waals surface area contributed by atoms with Gasteiger partial charge in [0.2, 0.25) is 0 Å². The summed E-state index contributed by atoms with van der Waals surface area (Å²) in [7, 11) is 0. The molecule has 4 aliphatic carbocycles. The van der Waals surface area contributed by atoms with Crippen molar-refractivity contribution in [2.45, 2.75) is 113 Å². The van der Waals surface area contributed by atoms with Gasteiger partial charge in [-0.25, -0.2) is 4.79 Å². The van der Waals surface area contributed by atoms with E-state index in [1.54, 1.807) is 6.92 Å². The molecule has 0 heterocycles. The highest BCUT2D eigenvalue weighted by molar-refractivity contribution is 5.85. The van der Waals surface area contributed by atoms with Crippen LogP contribution >= 0.6 is 0 Å². The average Bonchev–Trinajstić information content (AvgIpc) is 3.03. The monoisotopic (exact) mass is 512 g/mol. The zero-order valence-corrected chi connectivity index (χ0v) is 24.2. The molecular formula is C32H48O5. The van der Waals surface area contributed by atoms with Gasteiger partial charge in [-0.15, -0.1) is 0 Å². The number of aliphatic hydroxyl groups excluding tert-OH is 1. The second-order valence-electron chi connectivity index (χ2n) is 13.8. The van der Waals surface area contributed by atoms with E-state index in [0.717, 1.165) is 44.9 Å². The molecule has 0 bridgehead atoms. The van der Waals surface area contributed by atoms with Gasteiger partial charge in [0.15, 0.2) is 0 Å². The van der Waals surface area contributed by atoms with Gasteiger partial charge >= 0.3 is 11.9 Å². The molecule has 0 aliphatic heterocycles. The van der Waals surface area contributed by atoms with E-state index in [1.807, 2.05) is 6.08 Å². The van der Waals surface area contributed by atoms with Crippen molar-refractivity contribution in [1.82, 2.24) is 0 Å². The van der Waals surface area contributed by atoms with E-state index in [2.05, 4.69) is 53.7 Å². The second-order valence-corrected chi connectivity index (χ2v) is 13.8. The third-order valence-corrected chi connectivity index (χ3v) is 11.7. The van der Waals surface area contributed by atoms with Gasteiger partial charge in [-0.1, -0.05) is 59.8 Å². The lowest BCUT2D eigenvalue weighted by molar-refractivity contribution is -0.152. The quantitative estimate of drug-likeness (QED) is 0.300. The largest absolute Gasteiger partial charge is 0.478 e. The molecule has 0 aromatic carbocycles. The van der Waals surface area contributed by atoms with Crippen LogP contribution in [0.15, 0.2) is 34.9 Å². The number of carbonyl (C=O) groups excluding carboxylic acids is 1. The Balaban J connectivity index is 1.73. The first-order chi connectivity index (χ1) is 17.1. The number of carboxylic acids is 1. The minimum Gasteiger partial charge on any atom is -0.478 e. The maximum Gasteiger partial charge on any atom is 0.330 e. The third kappa shape index (κ3) is 4.15. The molecule has 5 heteroatoms. The number of allylic oxidation sites excluding steroid dienone is 4.